The van der Waals surface area contributed by atoms with Gasteiger partial charge in [0, 0.05) is 47.9 Å². The number of hydrogen-bond acceptors (Lipinski definition) is 5. The monoisotopic (exact) mass is 688 g/mol. The van der Waals surface area contributed by atoms with Crippen molar-refractivity contribution in [1.29, 1.82) is 0 Å². The minimum Gasteiger partial charge on any atom is -0.444 e. The van der Waals surface area contributed by atoms with Crippen LogP contribution in [0.4, 0.5) is 23.7 Å². The average molecular weight is 689 g/mol. The predicted octanol–water partition coefficient (Wildman–Crippen LogP) is 6.81. The summed E-state index contributed by atoms with van der Waals surface area (Å²) in [5, 5.41) is 2.64. The Morgan fingerprint density at radius 1 is 1.08 bits per heavy atom. The van der Waals surface area contributed by atoms with Crippen molar-refractivity contribution in [2.45, 2.75) is 64.1 Å². The van der Waals surface area contributed by atoms with E-state index in [1.807, 2.05) is 0 Å². The maximum absolute atomic E-state index is 14.6. The van der Waals surface area contributed by atoms with Gasteiger partial charge >= 0.3 is 6.09 Å². The van der Waals surface area contributed by atoms with Crippen LogP contribution in [0.25, 0.3) is 0 Å². The van der Waals surface area contributed by atoms with E-state index in [0.29, 0.717) is 5.57 Å². The Bertz CT molecular complexity index is 1600. The standard InChI is InChI=1S/C35H40ClF3N4O5/c1-8-22(2)16-23(3)42(29(44)20-41(7)33(47)48-34(4,5)6)21-30(45)43(26-13-11-12-24(37)17-26)31(27-14-9-10-15-28(27)36)32(46)40-25-18-35(38,39)19-25/h8-17,25,31H,1,3,18-21H2,2,4-7H3,(H,40,46)/t31-/m0/s1. The molecule has 1 aliphatic rings. The molecule has 4 amide bonds. The molecule has 1 aliphatic carbocycles. The lowest BCUT2D eigenvalue weighted by atomic mass is 9.87. The molecular weight excluding hydrogens is 649 g/mol. The summed E-state index contributed by atoms with van der Waals surface area (Å²) in [7, 11) is 1.35. The van der Waals surface area contributed by atoms with Crippen LogP contribution in [0.5, 0.6) is 0 Å². The number of likely N-dealkylation sites (N-methyl/N-ethyl adjacent to an activating group) is 1. The van der Waals surface area contributed by atoms with Crippen LogP contribution in [0.15, 0.2) is 85.1 Å². The molecule has 0 radical (unpaired) electrons. The molecule has 258 valence electrons. The van der Waals surface area contributed by atoms with Crippen LogP contribution >= 0.6 is 11.6 Å². The summed E-state index contributed by atoms with van der Waals surface area (Å²) in [5.74, 6) is -6.13. The molecule has 1 N–H and O–H groups in total. The van der Waals surface area contributed by atoms with Gasteiger partial charge in [-0.3, -0.25) is 19.3 Å². The number of nitrogens with one attached hydrogen (secondary N) is 1. The van der Waals surface area contributed by atoms with Crippen LogP contribution < -0.4 is 10.2 Å². The Labute approximate surface area is 283 Å². The first-order valence-corrected chi connectivity index (χ1v) is 15.4. The highest BCUT2D eigenvalue weighted by Crippen LogP contribution is 2.39. The van der Waals surface area contributed by atoms with Crippen molar-refractivity contribution in [3.05, 3.63) is 102 Å². The summed E-state index contributed by atoms with van der Waals surface area (Å²) < 4.78 is 47.4. The molecule has 0 aliphatic heterocycles. The fourth-order valence-electron chi connectivity index (χ4n) is 4.85. The zero-order chi connectivity index (χ0) is 36.0. The Balaban J connectivity index is 2.09. The van der Waals surface area contributed by atoms with Gasteiger partial charge in [-0.05, 0) is 63.6 Å². The first kappa shape index (κ1) is 37.9. The molecule has 1 saturated carbocycles. The Hall–Kier alpha value is -4.58. The zero-order valence-corrected chi connectivity index (χ0v) is 28.3. The van der Waals surface area contributed by atoms with Gasteiger partial charge in [0.1, 0.15) is 30.5 Å². The topological polar surface area (TPSA) is 99.3 Å². The van der Waals surface area contributed by atoms with Gasteiger partial charge in [-0.2, -0.15) is 0 Å². The highest BCUT2D eigenvalue weighted by molar-refractivity contribution is 6.31. The van der Waals surface area contributed by atoms with E-state index < -0.39 is 79.2 Å². The lowest BCUT2D eigenvalue weighted by Crippen LogP contribution is -2.55. The number of alkyl halides is 2. The van der Waals surface area contributed by atoms with Crippen LogP contribution in [-0.4, -0.2) is 71.3 Å². The Kier molecular flexibility index (Phi) is 12.3. The van der Waals surface area contributed by atoms with Crippen molar-refractivity contribution in [2.75, 3.05) is 25.0 Å². The molecule has 0 saturated heterocycles. The number of carbonyl (C=O) groups is 4. The second-order valence-electron chi connectivity index (χ2n) is 12.5. The van der Waals surface area contributed by atoms with Gasteiger partial charge in [0.05, 0.1) is 0 Å². The smallest absolute Gasteiger partial charge is 0.410 e. The van der Waals surface area contributed by atoms with Crippen molar-refractivity contribution >= 4 is 41.1 Å². The highest BCUT2D eigenvalue weighted by Gasteiger charge is 2.47. The van der Waals surface area contributed by atoms with Crippen molar-refractivity contribution in [3.63, 3.8) is 0 Å². The van der Waals surface area contributed by atoms with E-state index in [2.05, 4.69) is 18.5 Å². The van der Waals surface area contributed by atoms with Gasteiger partial charge in [0.25, 0.3) is 5.92 Å². The second-order valence-corrected chi connectivity index (χ2v) is 12.9. The molecule has 0 unspecified atom stereocenters. The van der Waals surface area contributed by atoms with Crippen LogP contribution in [0.2, 0.25) is 5.02 Å². The van der Waals surface area contributed by atoms with Crippen molar-refractivity contribution in [1.82, 2.24) is 15.1 Å². The fourth-order valence-corrected chi connectivity index (χ4v) is 5.09. The predicted molar refractivity (Wildman–Crippen MR) is 178 cm³/mol. The lowest BCUT2D eigenvalue weighted by Gasteiger charge is -2.38. The van der Waals surface area contributed by atoms with Gasteiger partial charge in [-0.1, -0.05) is 55.1 Å². The quantitative estimate of drug-likeness (QED) is 0.247. The van der Waals surface area contributed by atoms with E-state index in [4.69, 9.17) is 16.3 Å². The van der Waals surface area contributed by atoms with Gasteiger partial charge in [0.2, 0.25) is 17.7 Å². The number of amides is 4. The van der Waals surface area contributed by atoms with Crippen molar-refractivity contribution in [2.24, 2.45) is 0 Å². The summed E-state index contributed by atoms with van der Waals surface area (Å²) in [4.78, 5) is 57.7. The summed E-state index contributed by atoms with van der Waals surface area (Å²) in [6.45, 7) is 13.1. The highest BCUT2D eigenvalue weighted by atomic mass is 35.5. The average Bonchev–Trinajstić information content (AvgIpc) is 2.96. The third kappa shape index (κ3) is 10.2. The molecule has 0 bridgehead atoms. The number of carbonyl (C=O) groups excluding carboxylic acids is 4. The minimum absolute atomic E-state index is 0.0537. The molecule has 2 aromatic rings. The van der Waals surface area contributed by atoms with E-state index in [1.54, 1.807) is 39.8 Å². The zero-order valence-electron chi connectivity index (χ0n) is 27.6. The number of anilines is 1. The van der Waals surface area contributed by atoms with E-state index in [9.17, 15) is 32.3 Å². The number of ether oxygens (including phenoxy) is 1. The lowest BCUT2D eigenvalue weighted by molar-refractivity contribution is -0.135. The number of nitrogens with zero attached hydrogens (tertiary/aromatic N) is 3. The Morgan fingerprint density at radius 3 is 2.29 bits per heavy atom. The summed E-state index contributed by atoms with van der Waals surface area (Å²) >= 11 is 6.52. The van der Waals surface area contributed by atoms with Crippen LogP contribution in [0.3, 0.4) is 0 Å². The third-order valence-corrected chi connectivity index (χ3v) is 7.58. The maximum Gasteiger partial charge on any atom is 0.410 e. The molecule has 0 heterocycles. The van der Waals surface area contributed by atoms with Crippen LogP contribution in [-0.2, 0) is 19.1 Å². The summed E-state index contributed by atoms with van der Waals surface area (Å²) in [5.41, 5.74) is -0.131. The van der Waals surface area contributed by atoms with E-state index in [0.717, 1.165) is 26.8 Å². The van der Waals surface area contributed by atoms with Gasteiger partial charge in [-0.25, -0.2) is 18.0 Å². The molecule has 13 heteroatoms. The number of benzene rings is 2. The molecular formula is C35H40ClF3N4O5. The van der Waals surface area contributed by atoms with E-state index >= 15 is 0 Å². The van der Waals surface area contributed by atoms with Gasteiger partial charge in [-0.15, -0.1) is 0 Å². The largest absolute Gasteiger partial charge is 0.444 e. The van der Waals surface area contributed by atoms with Crippen LogP contribution in [0, 0.1) is 5.82 Å². The first-order valence-electron chi connectivity index (χ1n) is 15.1. The van der Waals surface area contributed by atoms with E-state index in [-0.39, 0.29) is 22.0 Å². The summed E-state index contributed by atoms with van der Waals surface area (Å²) in [6, 6.07) is 8.55. The van der Waals surface area contributed by atoms with Crippen molar-refractivity contribution in [3.8, 4) is 0 Å². The van der Waals surface area contributed by atoms with Gasteiger partial charge in [0.15, 0.2) is 0 Å². The molecule has 0 aromatic heterocycles. The number of halogens is 4. The third-order valence-electron chi connectivity index (χ3n) is 7.23. The number of rotatable bonds is 12. The first-order chi connectivity index (χ1) is 22.3. The van der Waals surface area contributed by atoms with E-state index in [1.165, 1.54) is 43.5 Å². The van der Waals surface area contributed by atoms with Crippen molar-refractivity contribution < 1.29 is 37.1 Å². The van der Waals surface area contributed by atoms with Gasteiger partial charge < -0.3 is 19.9 Å². The fraction of sp³-hybridized carbons (Fsp3) is 0.371. The summed E-state index contributed by atoms with van der Waals surface area (Å²) in [6.07, 6.45) is 1.02. The molecule has 0 spiro atoms. The maximum atomic E-state index is 14.6. The second kappa shape index (κ2) is 15.5. The molecule has 1 fully saturated rings. The normalized spacial score (nSPS) is 15.0. The molecule has 1 atom stereocenters. The minimum atomic E-state index is -2.94. The molecule has 9 nitrogen and oxygen atoms in total. The number of hydrogen-bond donors (Lipinski definition) is 1. The molecule has 2 aromatic carbocycles. The molecule has 48 heavy (non-hydrogen) atoms. The molecule has 3 rings (SSSR count). The van der Waals surface area contributed by atoms with Crippen LogP contribution in [0.1, 0.15) is 52.1 Å². The SMILES string of the molecule is C=CC(C)=CC(=C)N(CC(=O)N(c1cccc(F)c1)[C@H](C(=O)NC1CC(F)(F)C1)c1ccccc1Cl)C(=O)CN(C)C(=O)OC(C)(C)C. The Morgan fingerprint density at radius 2 is 1.73 bits per heavy atom. The number of allylic oxidation sites excluding steroid dienone is 3.